The number of nitrogens with one attached hydrogen (secondary N) is 1. The molecule has 0 bridgehead atoms. The number of carbonyl (C=O) groups excluding carboxylic acids is 1. The number of para-hydroxylation sites is 1. The first kappa shape index (κ1) is 15.6. The highest BCUT2D eigenvalue weighted by molar-refractivity contribution is 6.04. The van der Waals surface area contributed by atoms with Crippen LogP contribution in [0.15, 0.2) is 41.6 Å². The SMILES string of the molecule is CN1CC(C(=O)Nc2ccccc2)=C(C(F)F)N1C1CC1C1CC1. The van der Waals surface area contributed by atoms with Crippen molar-refractivity contribution in [2.24, 2.45) is 11.8 Å². The third-order valence-electron chi connectivity index (χ3n) is 5.17. The molecule has 1 heterocycles. The van der Waals surface area contributed by atoms with Crippen LogP contribution in [0.4, 0.5) is 14.5 Å². The zero-order chi connectivity index (χ0) is 16.8. The van der Waals surface area contributed by atoms with E-state index in [9.17, 15) is 13.6 Å². The van der Waals surface area contributed by atoms with Crippen molar-refractivity contribution < 1.29 is 13.6 Å². The Morgan fingerprint density at radius 1 is 1.25 bits per heavy atom. The molecule has 1 amide bonds. The van der Waals surface area contributed by atoms with Crippen molar-refractivity contribution in [1.82, 2.24) is 10.0 Å². The summed E-state index contributed by atoms with van der Waals surface area (Å²) in [6.07, 6.45) is 0.743. The molecular formula is C18H21F2N3O. The molecule has 1 aromatic rings. The molecule has 0 radical (unpaired) electrons. The van der Waals surface area contributed by atoms with Crippen molar-refractivity contribution in [2.75, 3.05) is 18.9 Å². The highest BCUT2D eigenvalue weighted by Crippen LogP contribution is 2.54. The molecule has 0 spiro atoms. The van der Waals surface area contributed by atoms with E-state index in [4.69, 9.17) is 0 Å². The van der Waals surface area contributed by atoms with Crippen molar-refractivity contribution in [3.63, 3.8) is 0 Å². The summed E-state index contributed by atoms with van der Waals surface area (Å²) in [6, 6.07) is 9.08. The van der Waals surface area contributed by atoms with E-state index in [0.29, 0.717) is 17.5 Å². The first-order valence-corrected chi connectivity index (χ1v) is 8.44. The monoisotopic (exact) mass is 333 g/mol. The van der Waals surface area contributed by atoms with Gasteiger partial charge in [0.05, 0.1) is 12.1 Å². The molecule has 1 N–H and O–H groups in total. The molecule has 2 unspecified atom stereocenters. The Morgan fingerprint density at radius 3 is 2.58 bits per heavy atom. The van der Waals surface area contributed by atoms with Crippen LogP contribution in [-0.4, -0.2) is 42.0 Å². The average Bonchev–Trinajstić information content (AvgIpc) is 3.44. The normalized spacial score (nSPS) is 27.1. The number of allylic oxidation sites excluding steroid dienone is 1. The predicted molar refractivity (Wildman–Crippen MR) is 87.2 cm³/mol. The molecular weight excluding hydrogens is 312 g/mol. The van der Waals surface area contributed by atoms with Crippen molar-refractivity contribution in [3.8, 4) is 0 Å². The van der Waals surface area contributed by atoms with Gasteiger partial charge in [-0.2, -0.15) is 0 Å². The summed E-state index contributed by atoms with van der Waals surface area (Å²) in [7, 11) is 1.79. The summed E-state index contributed by atoms with van der Waals surface area (Å²) in [6.45, 7) is 0.228. The van der Waals surface area contributed by atoms with Gasteiger partial charge in [0.2, 0.25) is 0 Å². The molecule has 2 fully saturated rings. The lowest BCUT2D eigenvalue weighted by atomic mass is 10.2. The number of alkyl halides is 2. The molecule has 4 rings (SSSR count). The van der Waals surface area contributed by atoms with Crippen LogP contribution in [0.5, 0.6) is 0 Å². The number of likely N-dealkylation sites (N-methyl/N-ethyl adjacent to an activating group) is 1. The zero-order valence-electron chi connectivity index (χ0n) is 13.6. The molecule has 4 nitrogen and oxygen atoms in total. The summed E-state index contributed by atoms with van der Waals surface area (Å²) >= 11 is 0. The van der Waals surface area contributed by atoms with Crippen LogP contribution in [-0.2, 0) is 4.79 Å². The second-order valence-corrected chi connectivity index (χ2v) is 6.95. The largest absolute Gasteiger partial charge is 0.322 e. The highest BCUT2D eigenvalue weighted by atomic mass is 19.3. The van der Waals surface area contributed by atoms with E-state index in [2.05, 4.69) is 5.32 Å². The Hall–Kier alpha value is -1.95. The second-order valence-electron chi connectivity index (χ2n) is 6.95. The van der Waals surface area contributed by atoms with Crippen LogP contribution in [0, 0.1) is 11.8 Å². The van der Waals surface area contributed by atoms with Crippen LogP contribution in [0.2, 0.25) is 0 Å². The molecule has 1 aromatic carbocycles. The van der Waals surface area contributed by atoms with Crippen molar-refractivity contribution >= 4 is 11.6 Å². The summed E-state index contributed by atoms with van der Waals surface area (Å²) in [5.74, 6) is 0.775. The number of hydrazine groups is 1. The van der Waals surface area contributed by atoms with Gasteiger partial charge in [0.15, 0.2) is 0 Å². The summed E-state index contributed by atoms with van der Waals surface area (Å²) in [5, 5.41) is 6.19. The van der Waals surface area contributed by atoms with Gasteiger partial charge in [-0.15, -0.1) is 0 Å². The van der Waals surface area contributed by atoms with Crippen LogP contribution in [0.1, 0.15) is 19.3 Å². The van der Waals surface area contributed by atoms with E-state index in [1.807, 2.05) is 6.07 Å². The zero-order valence-corrected chi connectivity index (χ0v) is 13.6. The summed E-state index contributed by atoms with van der Waals surface area (Å²) < 4.78 is 27.5. The third-order valence-corrected chi connectivity index (χ3v) is 5.17. The first-order chi connectivity index (χ1) is 11.6. The van der Waals surface area contributed by atoms with Gasteiger partial charge in [-0.05, 0) is 43.2 Å². The van der Waals surface area contributed by atoms with E-state index < -0.39 is 12.3 Å². The minimum atomic E-state index is -2.65. The topological polar surface area (TPSA) is 35.6 Å². The standard InChI is InChI=1S/C18H21F2N3O/c1-22-10-14(18(24)21-12-5-3-2-4-6-12)16(17(19)20)23(22)15-9-13(15)11-7-8-11/h2-6,11,13,15,17H,7-10H2,1H3,(H,21,24). The minimum absolute atomic E-state index is 0.112. The van der Waals surface area contributed by atoms with Gasteiger partial charge >= 0.3 is 0 Å². The van der Waals surface area contributed by atoms with Gasteiger partial charge in [-0.1, -0.05) is 18.2 Å². The van der Waals surface area contributed by atoms with Crippen molar-refractivity contribution in [2.45, 2.75) is 31.7 Å². The number of rotatable bonds is 5. The maximum Gasteiger partial charge on any atom is 0.280 e. The average molecular weight is 333 g/mol. The van der Waals surface area contributed by atoms with E-state index in [1.54, 1.807) is 41.3 Å². The molecule has 0 aromatic heterocycles. The Labute approximate surface area is 140 Å². The first-order valence-electron chi connectivity index (χ1n) is 8.44. The van der Waals surface area contributed by atoms with Gasteiger partial charge in [0, 0.05) is 18.8 Å². The number of halogens is 2. The van der Waals surface area contributed by atoms with E-state index >= 15 is 0 Å². The predicted octanol–water partition coefficient (Wildman–Crippen LogP) is 3.11. The lowest BCUT2D eigenvalue weighted by Crippen LogP contribution is -2.38. The maximum absolute atomic E-state index is 13.7. The van der Waals surface area contributed by atoms with E-state index in [-0.39, 0.29) is 23.9 Å². The molecule has 128 valence electrons. The smallest absolute Gasteiger partial charge is 0.280 e. The Morgan fingerprint density at radius 2 is 1.96 bits per heavy atom. The number of hydrogen-bond donors (Lipinski definition) is 1. The van der Waals surface area contributed by atoms with E-state index in [0.717, 1.165) is 6.42 Å². The molecule has 24 heavy (non-hydrogen) atoms. The van der Waals surface area contributed by atoms with Crippen molar-refractivity contribution in [1.29, 1.82) is 0 Å². The van der Waals surface area contributed by atoms with E-state index in [1.165, 1.54) is 12.8 Å². The van der Waals surface area contributed by atoms with Gasteiger partial charge in [0.1, 0.15) is 5.70 Å². The number of anilines is 1. The fraction of sp³-hybridized carbons (Fsp3) is 0.500. The van der Waals surface area contributed by atoms with Crippen molar-refractivity contribution in [3.05, 3.63) is 41.6 Å². The maximum atomic E-state index is 13.7. The van der Waals surface area contributed by atoms with Gasteiger partial charge in [0.25, 0.3) is 12.3 Å². The Kier molecular flexibility index (Phi) is 3.79. The molecule has 6 heteroatoms. The Bertz CT molecular complexity index is 672. The number of benzene rings is 1. The molecule has 0 saturated heterocycles. The minimum Gasteiger partial charge on any atom is -0.322 e. The van der Waals surface area contributed by atoms with Crippen LogP contribution >= 0.6 is 0 Å². The van der Waals surface area contributed by atoms with Crippen LogP contribution < -0.4 is 5.32 Å². The van der Waals surface area contributed by atoms with Gasteiger partial charge in [-0.25, -0.2) is 13.8 Å². The lowest BCUT2D eigenvalue weighted by Gasteiger charge is -2.29. The van der Waals surface area contributed by atoms with Crippen LogP contribution in [0.3, 0.4) is 0 Å². The fourth-order valence-corrected chi connectivity index (χ4v) is 3.80. The fourth-order valence-electron chi connectivity index (χ4n) is 3.80. The molecule has 2 saturated carbocycles. The molecule has 2 aliphatic carbocycles. The van der Waals surface area contributed by atoms with Gasteiger partial charge in [-0.3, -0.25) is 4.79 Å². The quantitative estimate of drug-likeness (QED) is 0.899. The second kappa shape index (κ2) is 5.84. The lowest BCUT2D eigenvalue weighted by molar-refractivity contribution is -0.113. The van der Waals surface area contributed by atoms with Gasteiger partial charge < -0.3 is 10.3 Å². The molecule has 2 atom stereocenters. The summed E-state index contributed by atoms with van der Waals surface area (Å²) in [5.41, 5.74) is 0.684. The Balaban J connectivity index is 1.57. The number of amides is 1. The third kappa shape index (κ3) is 2.79. The van der Waals surface area contributed by atoms with Crippen LogP contribution in [0.25, 0.3) is 0 Å². The summed E-state index contributed by atoms with van der Waals surface area (Å²) in [4.78, 5) is 12.5. The molecule has 3 aliphatic rings. The molecule has 1 aliphatic heterocycles. The number of hydrogen-bond acceptors (Lipinski definition) is 3. The number of carbonyl (C=O) groups is 1. The highest BCUT2D eigenvalue weighted by Gasteiger charge is 2.54. The number of nitrogens with zero attached hydrogens (tertiary/aromatic N) is 2.